The number of likely N-dealkylation sites (tertiary alicyclic amines) is 1. The molecule has 0 saturated carbocycles. The number of benzene rings is 1. The maximum atomic E-state index is 12.8. The van der Waals surface area contributed by atoms with Gasteiger partial charge in [0.1, 0.15) is 11.4 Å². The number of hydrogen-bond acceptors (Lipinski definition) is 5. The van der Waals surface area contributed by atoms with Crippen LogP contribution in [0.1, 0.15) is 37.4 Å². The van der Waals surface area contributed by atoms with Crippen LogP contribution >= 0.6 is 0 Å². The van der Waals surface area contributed by atoms with Crippen molar-refractivity contribution in [1.82, 2.24) is 14.9 Å². The minimum absolute atomic E-state index is 0.0481. The van der Waals surface area contributed by atoms with E-state index in [0.29, 0.717) is 19.4 Å². The summed E-state index contributed by atoms with van der Waals surface area (Å²) in [6.07, 6.45) is 7.54. The van der Waals surface area contributed by atoms with Gasteiger partial charge in [0.05, 0.1) is 18.8 Å². The number of methoxy groups -OCH3 is 1. The number of aryl methyl sites for hydroxylation is 1. The molecule has 1 aliphatic rings. The van der Waals surface area contributed by atoms with Crippen LogP contribution in [0.2, 0.25) is 0 Å². The normalized spacial score (nSPS) is 19.2. The highest BCUT2D eigenvalue weighted by molar-refractivity contribution is 5.77. The molecular formula is C20H25N3O3. The second-order valence-corrected chi connectivity index (χ2v) is 6.82. The number of ether oxygens (including phenoxy) is 1. The molecule has 0 bridgehead atoms. The van der Waals surface area contributed by atoms with Crippen LogP contribution < -0.4 is 4.74 Å². The Hall–Kier alpha value is -2.47. The van der Waals surface area contributed by atoms with Crippen LogP contribution in [-0.2, 0) is 16.8 Å². The number of carbonyl (C=O) groups is 1. The molecule has 2 aromatic rings. The third-order valence-corrected chi connectivity index (χ3v) is 5.11. The molecule has 0 spiro atoms. The summed E-state index contributed by atoms with van der Waals surface area (Å²) in [6, 6.07) is 7.15. The molecule has 6 heteroatoms. The summed E-state index contributed by atoms with van der Waals surface area (Å²) in [5.41, 5.74) is 0.487. The van der Waals surface area contributed by atoms with Crippen molar-refractivity contribution in [2.24, 2.45) is 0 Å². The summed E-state index contributed by atoms with van der Waals surface area (Å²) in [6.45, 7) is 2.46. The van der Waals surface area contributed by atoms with Crippen LogP contribution in [0.15, 0.2) is 42.9 Å². The Balaban J connectivity index is 1.70. The van der Waals surface area contributed by atoms with Gasteiger partial charge in [-0.25, -0.2) is 0 Å². The van der Waals surface area contributed by atoms with Gasteiger partial charge in [-0.1, -0.05) is 12.1 Å². The van der Waals surface area contributed by atoms with E-state index in [0.717, 1.165) is 29.8 Å². The fourth-order valence-corrected chi connectivity index (χ4v) is 3.61. The van der Waals surface area contributed by atoms with Crippen molar-refractivity contribution in [1.29, 1.82) is 0 Å². The van der Waals surface area contributed by atoms with Crippen molar-refractivity contribution in [3.63, 3.8) is 0 Å². The highest BCUT2D eigenvalue weighted by Gasteiger charge is 2.42. The fraction of sp³-hybridized carbons (Fsp3) is 0.450. The van der Waals surface area contributed by atoms with Gasteiger partial charge in [-0.05, 0) is 43.9 Å². The van der Waals surface area contributed by atoms with Gasteiger partial charge >= 0.3 is 0 Å². The summed E-state index contributed by atoms with van der Waals surface area (Å²) in [5, 5.41) is 11.2. The van der Waals surface area contributed by atoms with Crippen molar-refractivity contribution < 1.29 is 14.6 Å². The first-order valence-corrected chi connectivity index (χ1v) is 8.93. The van der Waals surface area contributed by atoms with E-state index in [1.807, 2.05) is 29.2 Å². The number of nitrogens with zero attached hydrogens (tertiary/aromatic N) is 3. The lowest BCUT2D eigenvalue weighted by molar-refractivity contribution is -0.137. The molecule has 2 atom stereocenters. The monoisotopic (exact) mass is 355 g/mol. The largest absolute Gasteiger partial charge is 0.497 e. The average molecular weight is 355 g/mol. The van der Waals surface area contributed by atoms with Gasteiger partial charge in [0.2, 0.25) is 5.91 Å². The zero-order chi connectivity index (χ0) is 18.6. The van der Waals surface area contributed by atoms with Crippen LogP contribution in [0, 0.1) is 0 Å². The highest BCUT2D eigenvalue weighted by Crippen LogP contribution is 2.35. The molecule has 1 fully saturated rings. The number of amides is 1. The lowest BCUT2D eigenvalue weighted by atomic mass is 9.86. The van der Waals surface area contributed by atoms with Crippen molar-refractivity contribution in [3.8, 4) is 5.75 Å². The molecule has 2 heterocycles. The van der Waals surface area contributed by atoms with Gasteiger partial charge in [0, 0.05) is 31.6 Å². The average Bonchev–Trinajstić information content (AvgIpc) is 3.18. The van der Waals surface area contributed by atoms with Gasteiger partial charge in [-0.3, -0.25) is 14.8 Å². The molecule has 1 aromatic heterocycles. The fourth-order valence-electron chi connectivity index (χ4n) is 3.61. The molecule has 1 aliphatic heterocycles. The lowest BCUT2D eigenvalue weighted by Crippen LogP contribution is -2.48. The third kappa shape index (κ3) is 3.85. The van der Waals surface area contributed by atoms with Crippen molar-refractivity contribution in [2.45, 2.75) is 44.2 Å². The van der Waals surface area contributed by atoms with E-state index < -0.39 is 5.60 Å². The van der Waals surface area contributed by atoms with E-state index in [9.17, 15) is 9.90 Å². The molecule has 138 valence electrons. The number of aliphatic hydroxyl groups is 1. The minimum Gasteiger partial charge on any atom is -0.497 e. The Kier molecular flexibility index (Phi) is 5.52. The van der Waals surface area contributed by atoms with Gasteiger partial charge in [-0.15, -0.1) is 0 Å². The summed E-state index contributed by atoms with van der Waals surface area (Å²) in [5.74, 6) is 0.791. The Morgan fingerprint density at radius 3 is 2.77 bits per heavy atom. The summed E-state index contributed by atoms with van der Waals surface area (Å²) in [4.78, 5) is 22.8. The molecular weight excluding hydrogens is 330 g/mol. The molecule has 3 rings (SSSR count). The van der Waals surface area contributed by atoms with Gasteiger partial charge in [-0.2, -0.15) is 0 Å². The first-order valence-electron chi connectivity index (χ1n) is 8.93. The predicted octanol–water partition coefficient (Wildman–Crippen LogP) is 2.32. The zero-order valence-corrected chi connectivity index (χ0v) is 15.3. The minimum atomic E-state index is -1.11. The van der Waals surface area contributed by atoms with Gasteiger partial charge < -0.3 is 14.7 Å². The Morgan fingerprint density at radius 1 is 1.35 bits per heavy atom. The molecule has 1 N–H and O–H groups in total. The first-order chi connectivity index (χ1) is 12.5. The number of aromatic nitrogens is 2. The predicted molar refractivity (Wildman–Crippen MR) is 97.7 cm³/mol. The van der Waals surface area contributed by atoms with Crippen LogP contribution in [0.3, 0.4) is 0 Å². The summed E-state index contributed by atoms with van der Waals surface area (Å²) in [7, 11) is 1.61. The molecule has 0 radical (unpaired) electrons. The van der Waals surface area contributed by atoms with Crippen LogP contribution in [0.5, 0.6) is 5.75 Å². The van der Waals surface area contributed by atoms with E-state index in [2.05, 4.69) is 9.97 Å². The van der Waals surface area contributed by atoms with Crippen molar-refractivity contribution in [2.75, 3.05) is 13.7 Å². The molecule has 1 saturated heterocycles. The topological polar surface area (TPSA) is 75.6 Å². The number of rotatable bonds is 6. The quantitative estimate of drug-likeness (QED) is 0.861. The van der Waals surface area contributed by atoms with Crippen molar-refractivity contribution in [3.05, 3.63) is 54.1 Å². The Labute approximate surface area is 153 Å². The lowest BCUT2D eigenvalue weighted by Gasteiger charge is -2.37. The van der Waals surface area contributed by atoms with Crippen LogP contribution in [-0.4, -0.2) is 45.6 Å². The van der Waals surface area contributed by atoms with E-state index >= 15 is 0 Å². The molecule has 0 unspecified atom stereocenters. The smallest absolute Gasteiger partial charge is 0.223 e. The van der Waals surface area contributed by atoms with Crippen molar-refractivity contribution >= 4 is 5.91 Å². The highest BCUT2D eigenvalue weighted by atomic mass is 16.5. The Morgan fingerprint density at radius 2 is 2.12 bits per heavy atom. The van der Waals surface area contributed by atoms with Gasteiger partial charge in [0.15, 0.2) is 0 Å². The second kappa shape index (κ2) is 7.83. The molecule has 6 nitrogen and oxygen atoms in total. The summed E-state index contributed by atoms with van der Waals surface area (Å²) >= 11 is 0. The zero-order valence-electron chi connectivity index (χ0n) is 15.3. The van der Waals surface area contributed by atoms with Crippen LogP contribution in [0.25, 0.3) is 0 Å². The molecule has 26 heavy (non-hydrogen) atoms. The molecule has 1 amide bonds. The Bertz CT molecular complexity index is 732. The van der Waals surface area contributed by atoms with E-state index in [4.69, 9.17) is 4.74 Å². The molecule has 0 aliphatic carbocycles. The number of hydrogen-bond donors (Lipinski definition) is 1. The summed E-state index contributed by atoms with van der Waals surface area (Å²) < 4.78 is 5.18. The standard InChI is InChI=1S/C20H25N3O3/c1-20(25,15-5-8-17(26-2)9-6-15)18-4-3-13-23(18)19(24)10-7-16-14-21-11-12-22-16/h5-6,8-9,11-12,14,18,25H,3-4,7,10,13H2,1-2H3/t18-,20+/m1/s1. The first kappa shape index (κ1) is 18.3. The maximum absolute atomic E-state index is 12.8. The van der Waals surface area contributed by atoms with Crippen LogP contribution in [0.4, 0.5) is 0 Å². The third-order valence-electron chi connectivity index (χ3n) is 5.11. The molecule has 1 aromatic carbocycles. The maximum Gasteiger partial charge on any atom is 0.223 e. The van der Waals surface area contributed by atoms with E-state index in [1.54, 1.807) is 32.6 Å². The van der Waals surface area contributed by atoms with Gasteiger partial charge in [0.25, 0.3) is 0 Å². The number of carbonyl (C=O) groups excluding carboxylic acids is 1. The van der Waals surface area contributed by atoms with E-state index in [1.165, 1.54) is 0 Å². The van der Waals surface area contributed by atoms with E-state index in [-0.39, 0.29) is 11.9 Å². The second-order valence-electron chi connectivity index (χ2n) is 6.82. The SMILES string of the molecule is COc1ccc([C@](C)(O)[C@H]2CCCN2C(=O)CCc2cnccn2)cc1.